The van der Waals surface area contributed by atoms with Crippen LogP contribution in [0, 0.1) is 0 Å². The van der Waals surface area contributed by atoms with E-state index in [2.05, 4.69) is 33.0 Å². The first-order valence-electron chi connectivity index (χ1n) is 9.84. The Bertz CT molecular complexity index is 1300. The molecule has 1 N–H and O–H groups in total. The molecule has 0 amide bonds. The van der Waals surface area contributed by atoms with Gasteiger partial charge in [-0.15, -0.1) is 21.5 Å². The van der Waals surface area contributed by atoms with E-state index >= 15 is 0 Å². The number of ether oxygens (including phenoxy) is 1. The molecule has 5 rings (SSSR count). The SMILES string of the molecule is COCc1nc(NCc2nncn2-c2ccccc2)c2c(-c3ccccc3)csc2n1. The Kier molecular flexibility index (Phi) is 5.39. The number of rotatable bonds is 7. The Morgan fingerprint density at radius 2 is 1.77 bits per heavy atom. The van der Waals surface area contributed by atoms with Gasteiger partial charge in [-0.25, -0.2) is 9.97 Å². The molecule has 0 aliphatic rings. The van der Waals surface area contributed by atoms with Crippen LogP contribution in [0.4, 0.5) is 5.82 Å². The number of fused-ring (bicyclic) bond motifs is 1. The van der Waals surface area contributed by atoms with Crippen LogP contribution in [-0.4, -0.2) is 31.8 Å². The Morgan fingerprint density at radius 3 is 2.55 bits per heavy atom. The fourth-order valence-electron chi connectivity index (χ4n) is 3.48. The number of benzene rings is 2. The van der Waals surface area contributed by atoms with E-state index < -0.39 is 0 Å². The van der Waals surface area contributed by atoms with Gasteiger partial charge in [-0.3, -0.25) is 4.57 Å². The Labute approximate surface area is 183 Å². The number of nitrogens with one attached hydrogen (secondary N) is 1. The molecule has 154 valence electrons. The average Bonchev–Trinajstić information content (AvgIpc) is 3.46. The van der Waals surface area contributed by atoms with Crippen LogP contribution in [0.15, 0.2) is 72.4 Å². The van der Waals surface area contributed by atoms with Crippen molar-refractivity contribution in [3.05, 3.63) is 84.0 Å². The molecule has 0 radical (unpaired) electrons. The van der Waals surface area contributed by atoms with Crippen LogP contribution in [0.1, 0.15) is 11.6 Å². The molecule has 0 aliphatic carbocycles. The second kappa shape index (κ2) is 8.63. The average molecular weight is 429 g/mol. The highest BCUT2D eigenvalue weighted by molar-refractivity contribution is 7.17. The molecule has 2 aromatic carbocycles. The van der Waals surface area contributed by atoms with Gasteiger partial charge in [0.1, 0.15) is 23.6 Å². The Hall–Kier alpha value is -3.62. The van der Waals surface area contributed by atoms with Crippen molar-refractivity contribution >= 4 is 27.4 Å². The monoisotopic (exact) mass is 428 g/mol. The molecule has 0 aliphatic heterocycles. The van der Waals surface area contributed by atoms with E-state index in [4.69, 9.17) is 14.7 Å². The summed E-state index contributed by atoms with van der Waals surface area (Å²) in [5, 5.41) is 15.0. The van der Waals surface area contributed by atoms with E-state index in [0.717, 1.165) is 38.7 Å². The van der Waals surface area contributed by atoms with Crippen LogP contribution < -0.4 is 5.32 Å². The number of nitrogens with zero attached hydrogens (tertiary/aromatic N) is 5. The van der Waals surface area contributed by atoms with E-state index in [9.17, 15) is 0 Å². The third-order valence-electron chi connectivity index (χ3n) is 4.90. The van der Waals surface area contributed by atoms with Gasteiger partial charge in [0, 0.05) is 23.7 Å². The Balaban J connectivity index is 1.53. The summed E-state index contributed by atoms with van der Waals surface area (Å²) in [6.07, 6.45) is 1.72. The minimum Gasteiger partial charge on any atom is -0.377 e. The summed E-state index contributed by atoms with van der Waals surface area (Å²) in [7, 11) is 1.65. The summed E-state index contributed by atoms with van der Waals surface area (Å²) < 4.78 is 7.24. The third kappa shape index (κ3) is 3.90. The van der Waals surface area contributed by atoms with Gasteiger partial charge < -0.3 is 10.1 Å². The van der Waals surface area contributed by atoms with Gasteiger partial charge in [-0.05, 0) is 17.7 Å². The second-order valence-corrected chi connectivity index (χ2v) is 7.78. The number of hydrogen-bond donors (Lipinski definition) is 1. The summed E-state index contributed by atoms with van der Waals surface area (Å²) in [5.41, 5.74) is 3.25. The summed E-state index contributed by atoms with van der Waals surface area (Å²) in [5.74, 6) is 2.20. The molecule has 3 aromatic heterocycles. The number of thiophene rings is 1. The number of aromatic nitrogens is 5. The highest BCUT2D eigenvalue weighted by Gasteiger charge is 2.16. The molecule has 0 bridgehead atoms. The van der Waals surface area contributed by atoms with Crippen molar-refractivity contribution in [2.45, 2.75) is 13.2 Å². The van der Waals surface area contributed by atoms with Crippen molar-refractivity contribution in [1.82, 2.24) is 24.7 Å². The van der Waals surface area contributed by atoms with E-state index in [1.165, 1.54) is 0 Å². The lowest BCUT2D eigenvalue weighted by Crippen LogP contribution is -2.10. The smallest absolute Gasteiger partial charge is 0.158 e. The molecule has 0 fully saturated rings. The van der Waals surface area contributed by atoms with Crippen LogP contribution >= 0.6 is 11.3 Å². The summed E-state index contributed by atoms with van der Waals surface area (Å²) in [4.78, 5) is 10.4. The highest BCUT2D eigenvalue weighted by atomic mass is 32.1. The lowest BCUT2D eigenvalue weighted by atomic mass is 10.1. The van der Waals surface area contributed by atoms with Crippen molar-refractivity contribution in [2.24, 2.45) is 0 Å². The normalized spacial score (nSPS) is 11.1. The van der Waals surface area contributed by atoms with Gasteiger partial charge in [0.05, 0.1) is 11.9 Å². The van der Waals surface area contributed by atoms with Crippen molar-refractivity contribution < 1.29 is 4.74 Å². The molecular formula is C23H20N6OS. The molecule has 3 heterocycles. The van der Waals surface area contributed by atoms with Crippen LogP contribution in [-0.2, 0) is 17.9 Å². The summed E-state index contributed by atoms with van der Waals surface area (Å²) in [6, 6.07) is 20.3. The minimum absolute atomic E-state index is 0.351. The first kappa shape index (κ1) is 19.3. The van der Waals surface area contributed by atoms with Crippen LogP contribution in [0.5, 0.6) is 0 Å². The predicted molar refractivity (Wildman–Crippen MR) is 122 cm³/mol. The van der Waals surface area contributed by atoms with Crippen LogP contribution in [0.2, 0.25) is 0 Å². The zero-order valence-corrected chi connectivity index (χ0v) is 17.7. The van der Waals surface area contributed by atoms with Crippen LogP contribution in [0.3, 0.4) is 0 Å². The number of hydrogen-bond acceptors (Lipinski definition) is 7. The third-order valence-corrected chi connectivity index (χ3v) is 5.78. The maximum Gasteiger partial charge on any atom is 0.158 e. The second-order valence-electron chi connectivity index (χ2n) is 6.92. The van der Waals surface area contributed by atoms with Crippen molar-refractivity contribution in [1.29, 1.82) is 0 Å². The fourth-order valence-corrected chi connectivity index (χ4v) is 4.45. The van der Waals surface area contributed by atoms with E-state index in [0.29, 0.717) is 19.0 Å². The minimum atomic E-state index is 0.351. The molecule has 31 heavy (non-hydrogen) atoms. The molecule has 0 spiro atoms. The van der Waals surface area contributed by atoms with Gasteiger partial charge in [-0.1, -0.05) is 48.5 Å². The maximum atomic E-state index is 5.28. The highest BCUT2D eigenvalue weighted by Crippen LogP contribution is 2.37. The number of anilines is 1. The zero-order valence-electron chi connectivity index (χ0n) is 16.9. The van der Waals surface area contributed by atoms with Crippen LogP contribution in [0.25, 0.3) is 27.0 Å². The maximum absolute atomic E-state index is 5.28. The lowest BCUT2D eigenvalue weighted by Gasteiger charge is -2.11. The molecule has 0 saturated carbocycles. The van der Waals surface area contributed by atoms with Crippen molar-refractivity contribution in [2.75, 3.05) is 12.4 Å². The molecule has 8 heteroatoms. The predicted octanol–water partition coefficient (Wildman–Crippen LogP) is 4.70. The summed E-state index contributed by atoms with van der Waals surface area (Å²) >= 11 is 1.61. The molecular weight excluding hydrogens is 408 g/mol. The van der Waals surface area contributed by atoms with Crippen molar-refractivity contribution in [3.63, 3.8) is 0 Å². The largest absolute Gasteiger partial charge is 0.377 e. The topological polar surface area (TPSA) is 77.8 Å². The number of methoxy groups -OCH3 is 1. The molecule has 7 nitrogen and oxygen atoms in total. The van der Waals surface area contributed by atoms with E-state index in [1.807, 2.05) is 53.1 Å². The van der Waals surface area contributed by atoms with Gasteiger partial charge in [0.15, 0.2) is 11.6 Å². The first-order valence-corrected chi connectivity index (χ1v) is 10.7. The van der Waals surface area contributed by atoms with E-state index in [1.54, 1.807) is 24.8 Å². The van der Waals surface area contributed by atoms with Crippen molar-refractivity contribution in [3.8, 4) is 16.8 Å². The Morgan fingerprint density at radius 1 is 1.00 bits per heavy atom. The molecule has 5 aromatic rings. The van der Waals surface area contributed by atoms with Gasteiger partial charge >= 0.3 is 0 Å². The molecule has 0 atom stereocenters. The standard InChI is InChI=1S/C23H20N6OS/c1-30-13-19-26-22(21-18(14-31-23(21)27-19)16-8-4-2-5-9-16)24-12-20-28-25-15-29(20)17-10-6-3-7-11-17/h2-11,14-15H,12-13H2,1H3,(H,24,26,27). The van der Waals surface area contributed by atoms with E-state index in [-0.39, 0.29) is 0 Å². The molecule has 0 unspecified atom stereocenters. The zero-order chi connectivity index (χ0) is 21.0. The van der Waals surface area contributed by atoms with Gasteiger partial charge in [0.2, 0.25) is 0 Å². The van der Waals surface area contributed by atoms with Gasteiger partial charge in [0.25, 0.3) is 0 Å². The van der Waals surface area contributed by atoms with Gasteiger partial charge in [-0.2, -0.15) is 0 Å². The quantitative estimate of drug-likeness (QED) is 0.405. The summed E-state index contributed by atoms with van der Waals surface area (Å²) in [6.45, 7) is 0.820. The number of para-hydroxylation sites is 1. The first-order chi connectivity index (χ1) is 15.3. The lowest BCUT2D eigenvalue weighted by molar-refractivity contribution is 0.178. The fraction of sp³-hybridized carbons (Fsp3) is 0.130. The molecule has 0 saturated heterocycles.